The summed E-state index contributed by atoms with van der Waals surface area (Å²) in [6.45, 7) is 0.655. The van der Waals surface area contributed by atoms with E-state index in [0.717, 1.165) is 18.2 Å². The molecule has 0 aromatic heterocycles. The van der Waals surface area contributed by atoms with Gasteiger partial charge in [-0.3, -0.25) is 24.4 Å². The monoisotopic (exact) mass is 480 g/mol. The minimum Gasteiger partial charge on any atom is -0.322 e. The third-order valence-corrected chi connectivity index (χ3v) is 6.63. The summed E-state index contributed by atoms with van der Waals surface area (Å²) >= 11 is 0. The first kappa shape index (κ1) is 22.9. The van der Waals surface area contributed by atoms with Crippen molar-refractivity contribution in [3.8, 4) is 0 Å². The number of nitrogens with one attached hydrogen (secondary N) is 2. The Morgan fingerprint density at radius 2 is 1.74 bits per heavy atom. The van der Waals surface area contributed by atoms with E-state index in [0.29, 0.717) is 18.7 Å². The molecule has 1 aliphatic rings. The van der Waals surface area contributed by atoms with Crippen LogP contribution in [0.4, 0.5) is 22.7 Å². The molecule has 2 N–H and O–H groups in total. The van der Waals surface area contributed by atoms with E-state index in [2.05, 4.69) is 10.0 Å². The van der Waals surface area contributed by atoms with Crippen molar-refractivity contribution in [2.75, 3.05) is 21.5 Å². The normalized spacial score (nSPS) is 13.5. The number of hydrogen-bond donors (Lipinski definition) is 2. The summed E-state index contributed by atoms with van der Waals surface area (Å²) in [6.07, 6.45) is 1.32. The Bertz CT molecular complexity index is 1370. The molecule has 4 rings (SSSR count). The number of carbonyl (C=O) groups is 2. The Morgan fingerprint density at radius 1 is 1.00 bits per heavy atom. The van der Waals surface area contributed by atoms with Crippen LogP contribution in [-0.4, -0.2) is 31.7 Å². The predicted molar refractivity (Wildman–Crippen MR) is 126 cm³/mol. The molecule has 0 unspecified atom stereocenters. The van der Waals surface area contributed by atoms with Crippen LogP contribution in [0.25, 0.3) is 0 Å². The molecule has 0 spiro atoms. The van der Waals surface area contributed by atoms with Crippen LogP contribution in [-0.2, 0) is 14.8 Å². The van der Waals surface area contributed by atoms with Crippen molar-refractivity contribution in [2.24, 2.45) is 0 Å². The van der Waals surface area contributed by atoms with E-state index in [9.17, 15) is 28.1 Å². The molecule has 1 fully saturated rings. The molecule has 34 heavy (non-hydrogen) atoms. The Hall–Kier alpha value is -4.25. The smallest absolute Gasteiger partial charge is 0.270 e. The van der Waals surface area contributed by atoms with Gasteiger partial charge >= 0.3 is 0 Å². The first-order chi connectivity index (χ1) is 16.2. The van der Waals surface area contributed by atoms with Crippen molar-refractivity contribution in [1.82, 2.24) is 0 Å². The number of carbonyl (C=O) groups excluding carboxylic acids is 2. The highest BCUT2D eigenvalue weighted by molar-refractivity contribution is 7.92. The Morgan fingerprint density at radius 3 is 2.41 bits per heavy atom. The third kappa shape index (κ3) is 4.89. The number of non-ortho nitro benzene ring substituents is 1. The van der Waals surface area contributed by atoms with Crippen molar-refractivity contribution in [2.45, 2.75) is 17.7 Å². The van der Waals surface area contributed by atoms with Crippen molar-refractivity contribution in [3.63, 3.8) is 0 Å². The average molecular weight is 481 g/mol. The van der Waals surface area contributed by atoms with Crippen LogP contribution < -0.4 is 14.9 Å². The molecule has 1 heterocycles. The van der Waals surface area contributed by atoms with E-state index in [1.54, 1.807) is 41.3 Å². The summed E-state index contributed by atoms with van der Waals surface area (Å²) < 4.78 is 27.9. The lowest BCUT2D eigenvalue weighted by atomic mass is 10.1. The molecule has 0 saturated carbocycles. The molecule has 3 aromatic rings. The van der Waals surface area contributed by atoms with E-state index in [1.165, 1.54) is 30.3 Å². The van der Waals surface area contributed by atoms with Crippen LogP contribution in [0.2, 0.25) is 0 Å². The summed E-state index contributed by atoms with van der Waals surface area (Å²) in [6, 6.07) is 17.4. The zero-order valence-corrected chi connectivity index (χ0v) is 18.6. The minimum atomic E-state index is -4.19. The number of para-hydroxylation sites is 1. The number of benzene rings is 3. The lowest BCUT2D eigenvalue weighted by Gasteiger charge is -2.16. The van der Waals surface area contributed by atoms with E-state index < -0.39 is 20.9 Å². The number of hydrogen-bond acceptors (Lipinski definition) is 6. The van der Waals surface area contributed by atoms with Gasteiger partial charge in [0.05, 0.1) is 21.1 Å². The van der Waals surface area contributed by atoms with E-state index >= 15 is 0 Å². The van der Waals surface area contributed by atoms with Crippen LogP contribution in [0.3, 0.4) is 0 Å². The third-order valence-electron chi connectivity index (χ3n) is 5.27. The first-order valence-corrected chi connectivity index (χ1v) is 11.8. The molecule has 2 amide bonds. The Balaban J connectivity index is 1.53. The molecule has 0 radical (unpaired) electrons. The second kappa shape index (κ2) is 9.32. The summed E-state index contributed by atoms with van der Waals surface area (Å²) in [4.78, 5) is 36.5. The minimum absolute atomic E-state index is 0.0192. The molecule has 0 aliphatic carbocycles. The van der Waals surface area contributed by atoms with Gasteiger partial charge in [0, 0.05) is 36.5 Å². The number of nitro groups is 1. The maximum Gasteiger partial charge on any atom is 0.270 e. The second-order valence-corrected chi connectivity index (χ2v) is 9.24. The fraction of sp³-hybridized carbons (Fsp3) is 0.130. The largest absolute Gasteiger partial charge is 0.322 e. The van der Waals surface area contributed by atoms with Crippen molar-refractivity contribution >= 4 is 44.6 Å². The van der Waals surface area contributed by atoms with Crippen LogP contribution in [0.5, 0.6) is 0 Å². The molecule has 0 bridgehead atoms. The van der Waals surface area contributed by atoms with Crippen molar-refractivity contribution in [1.29, 1.82) is 0 Å². The molecule has 1 aliphatic heterocycles. The topological polar surface area (TPSA) is 139 Å². The average Bonchev–Trinajstić information content (AvgIpc) is 3.25. The highest BCUT2D eigenvalue weighted by Crippen LogP contribution is 2.25. The fourth-order valence-corrected chi connectivity index (χ4v) is 4.70. The summed E-state index contributed by atoms with van der Waals surface area (Å²) in [5.41, 5.74) is 0.927. The number of nitrogens with zero attached hydrogens (tertiary/aromatic N) is 2. The number of rotatable bonds is 7. The van der Waals surface area contributed by atoms with Gasteiger partial charge in [0.25, 0.3) is 21.6 Å². The number of sulfonamides is 1. The second-order valence-electron chi connectivity index (χ2n) is 7.56. The molecule has 0 atom stereocenters. The van der Waals surface area contributed by atoms with Gasteiger partial charge in [0.2, 0.25) is 5.91 Å². The van der Waals surface area contributed by atoms with Gasteiger partial charge in [-0.1, -0.05) is 18.2 Å². The summed E-state index contributed by atoms with van der Waals surface area (Å²) in [5, 5.41) is 13.7. The molecule has 10 nitrogen and oxygen atoms in total. The van der Waals surface area contributed by atoms with Crippen molar-refractivity contribution < 1.29 is 22.9 Å². The zero-order chi connectivity index (χ0) is 24.3. The summed E-state index contributed by atoms with van der Waals surface area (Å²) in [5.74, 6) is -0.496. The van der Waals surface area contributed by atoms with Crippen LogP contribution in [0, 0.1) is 10.1 Å². The van der Waals surface area contributed by atoms with Gasteiger partial charge in [-0.2, -0.15) is 0 Å². The Labute approximate surface area is 195 Å². The lowest BCUT2D eigenvalue weighted by molar-refractivity contribution is -0.385. The summed E-state index contributed by atoms with van der Waals surface area (Å²) in [7, 11) is -4.19. The van der Waals surface area contributed by atoms with Gasteiger partial charge in [-0.15, -0.1) is 0 Å². The number of nitro benzene ring substituents is 1. The standard InChI is InChI=1S/C23H20N4O6S/c28-22-9-4-14-26(22)17-12-10-16(11-13-17)24-23(29)20-7-1-2-8-21(20)25-34(32,33)19-6-3-5-18(15-19)27(30)31/h1-3,5-8,10-13,15,25H,4,9,14H2,(H,24,29). The SMILES string of the molecule is O=C(Nc1ccc(N2CCCC2=O)cc1)c1ccccc1NS(=O)(=O)c1cccc([N+](=O)[O-])c1. The molecule has 11 heteroatoms. The molecular formula is C23H20N4O6S. The first-order valence-electron chi connectivity index (χ1n) is 10.3. The van der Waals surface area contributed by atoms with Crippen LogP contribution in [0.15, 0.2) is 77.7 Å². The number of anilines is 3. The van der Waals surface area contributed by atoms with Gasteiger partial charge in [0.15, 0.2) is 0 Å². The fourth-order valence-electron chi connectivity index (χ4n) is 3.58. The van der Waals surface area contributed by atoms with Gasteiger partial charge in [0.1, 0.15) is 0 Å². The van der Waals surface area contributed by atoms with Gasteiger partial charge in [-0.05, 0) is 48.9 Å². The molecule has 174 valence electrons. The molecular weight excluding hydrogens is 460 g/mol. The van der Waals surface area contributed by atoms with E-state index in [-0.39, 0.29) is 27.7 Å². The highest BCUT2D eigenvalue weighted by atomic mass is 32.2. The van der Waals surface area contributed by atoms with Gasteiger partial charge in [-0.25, -0.2) is 8.42 Å². The molecule has 3 aromatic carbocycles. The maximum atomic E-state index is 12.9. The molecule has 1 saturated heterocycles. The Kier molecular flexibility index (Phi) is 6.28. The van der Waals surface area contributed by atoms with Crippen molar-refractivity contribution in [3.05, 3.63) is 88.5 Å². The number of amides is 2. The highest BCUT2D eigenvalue weighted by Gasteiger charge is 2.22. The predicted octanol–water partition coefficient (Wildman–Crippen LogP) is 3.77. The van der Waals surface area contributed by atoms with Crippen LogP contribution >= 0.6 is 0 Å². The maximum absolute atomic E-state index is 12.9. The lowest BCUT2D eigenvalue weighted by Crippen LogP contribution is -2.23. The van der Waals surface area contributed by atoms with E-state index in [1.807, 2.05) is 0 Å². The van der Waals surface area contributed by atoms with Crippen LogP contribution in [0.1, 0.15) is 23.2 Å². The van der Waals surface area contributed by atoms with E-state index in [4.69, 9.17) is 0 Å². The quantitative estimate of drug-likeness (QED) is 0.390. The van der Waals surface area contributed by atoms with Gasteiger partial charge < -0.3 is 10.2 Å². The zero-order valence-electron chi connectivity index (χ0n) is 17.8.